The number of ether oxygens (including phenoxy) is 3. The van der Waals surface area contributed by atoms with Crippen LogP contribution in [0.5, 0.6) is 11.5 Å². The van der Waals surface area contributed by atoms with Crippen LogP contribution < -0.4 is 15.4 Å². The van der Waals surface area contributed by atoms with Crippen molar-refractivity contribution in [2.75, 3.05) is 50.1 Å². The van der Waals surface area contributed by atoms with Gasteiger partial charge in [0.25, 0.3) is 5.91 Å². The standard InChI is InChI=1S/C33H36N4O5/c1-33(2,3)26-5-4-6-27(21-26)35-31(38)24-8-7-23-9-10-28(20-25(23)19-24)42-29-11-12-34-30(22-29)36-32(39)41-18-15-37-13-16-40-17-14-37/h4-12,19-22H,13-18H2,1-3H3,(H,35,38)(H,34,36,39). The van der Waals surface area contributed by atoms with Crippen molar-refractivity contribution in [2.24, 2.45) is 0 Å². The molecule has 2 N–H and O–H groups in total. The van der Waals surface area contributed by atoms with Crippen molar-refractivity contribution >= 4 is 34.3 Å². The quantitative estimate of drug-likeness (QED) is 0.252. The Balaban J connectivity index is 1.21. The van der Waals surface area contributed by atoms with Gasteiger partial charge in [0.15, 0.2) is 0 Å². The zero-order valence-corrected chi connectivity index (χ0v) is 24.2. The van der Waals surface area contributed by atoms with E-state index in [1.807, 2.05) is 54.6 Å². The highest BCUT2D eigenvalue weighted by Gasteiger charge is 2.15. The Labute approximate surface area is 245 Å². The van der Waals surface area contributed by atoms with E-state index in [2.05, 4.69) is 47.4 Å². The lowest BCUT2D eigenvalue weighted by molar-refractivity contribution is 0.0290. The minimum atomic E-state index is -0.574. The molecule has 1 aliphatic rings. The van der Waals surface area contributed by atoms with Crippen molar-refractivity contribution in [1.29, 1.82) is 0 Å². The number of pyridine rings is 1. The Kier molecular flexibility index (Phi) is 9.00. The molecule has 1 fully saturated rings. The number of carbonyl (C=O) groups excluding carboxylic acids is 2. The summed E-state index contributed by atoms with van der Waals surface area (Å²) in [6, 6.07) is 22.5. The first-order chi connectivity index (χ1) is 20.2. The Bertz CT molecular complexity index is 1560. The molecule has 0 radical (unpaired) electrons. The number of morpholine rings is 1. The Morgan fingerprint density at radius 2 is 1.69 bits per heavy atom. The second-order valence-corrected chi connectivity index (χ2v) is 11.2. The maximum Gasteiger partial charge on any atom is 0.412 e. The fourth-order valence-corrected chi connectivity index (χ4v) is 4.61. The van der Waals surface area contributed by atoms with Gasteiger partial charge >= 0.3 is 6.09 Å². The number of aromatic nitrogens is 1. The fraction of sp³-hybridized carbons (Fsp3) is 0.303. The third-order valence-electron chi connectivity index (χ3n) is 7.00. The summed E-state index contributed by atoms with van der Waals surface area (Å²) in [4.78, 5) is 31.7. The molecule has 9 nitrogen and oxygen atoms in total. The van der Waals surface area contributed by atoms with E-state index in [0.717, 1.165) is 35.1 Å². The molecule has 2 amide bonds. The number of amides is 2. The van der Waals surface area contributed by atoms with Gasteiger partial charge in [0.2, 0.25) is 0 Å². The molecule has 2 heterocycles. The Morgan fingerprint density at radius 3 is 2.50 bits per heavy atom. The summed E-state index contributed by atoms with van der Waals surface area (Å²) < 4.78 is 16.7. The smallest absolute Gasteiger partial charge is 0.412 e. The largest absolute Gasteiger partial charge is 0.457 e. The van der Waals surface area contributed by atoms with Gasteiger partial charge < -0.3 is 19.5 Å². The average Bonchev–Trinajstić information content (AvgIpc) is 2.97. The van der Waals surface area contributed by atoms with E-state index in [-0.39, 0.29) is 17.9 Å². The van der Waals surface area contributed by atoms with E-state index in [1.165, 1.54) is 0 Å². The third-order valence-corrected chi connectivity index (χ3v) is 7.00. The highest BCUT2D eigenvalue weighted by atomic mass is 16.5. The summed E-state index contributed by atoms with van der Waals surface area (Å²) in [6.07, 6.45) is 0.978. The van der Waals surface area contributed by atoms with Crippen molar-refractivity contribution in [2.45, 2.75) is 26.2 Å². The van der Waals surface area contributed by atoms with Crippen molar-refractivity contribution in [3.8, 4) is 11.5 Å². The maximum atomic E-state index is 13.1. The number of nitrogens with one attached hydrogen (secondary N) is 2. The average molecular weight is 569 g/mol. The van der Waals surface area contributed by atoms with Gasteiger partial charge in [-0.15, -0.1) is 0 Å². The number of anilines is 2. The first-order valence-electron chi connectivity index (χ1n) is 14.1. The van der Waals surface area contributed by atoms with Gasteiger partial charge in [0.05, 0.1) is 13.2 Å². The maximum absolute atomic E-state index is 13.1. The normalized spacial score (nSPS) is 13.9. The summed E-state index contributed by atoms with van der Waals surface area (Å²) in [5.41, 5.74) is 2.43. The van der Waals surface area contributed by atoms with Gasteiger partial charge in [0.1, 0.15) is 23.9 Å². The molecule has 3 aromatic carbocycles. The van der Waals surface area contributed by atoms with Crippen molar-refractivity contribution in [3.05, 3.63) is 90.1 Å². The summed E-state index contributed by atoms with van der Waals surface area (Å²) in [6.45, 7) is 10.4. The van der Waals surface area contributed by atoms with E-state index in [4.69, 9.17) is 14.2 Å². The van der Waals surface area contributed by atoms with Gasteiger partial charge in [-0.2, -0.15) is 0 Å². The third kappa shape index (κ3) is 7.84. The summed E-state index contributed by atoms with van der Waals surface area (Å²) in [5.74, 6) is 1.22. The number of rotatable bonds is 8. The van der Waals surface area contributed by atoms with Crippen LogP contribution in [-0.2, 0) is 14.9 Å². The number of fused-ring (bicyclic) bond motifs is 1. The second-order valence-electron chi connectivity index (χ2n) is 11.2. The lowest BCUT2D eigenvalue weighted by Crippen LogP contribution is -2.38. The van der Waals surface area contributed by atoms with E-state index < -0.39 is 6.09 Å². The second kappa shape index (κ2) is 13.0. The number of carbonyl (C=O) groups is 2. The minimum Gasteiger partial charge on any atom is -0.457 e. The predicted octanol–water partition coefficient (Wildman–Crippen LogP) is 6.46. The van der Waals surface area contributed by atoms with E-state index in [1.54, 1.807) is 18.3 Å². The van der Waals surface area contributed by atoms with Crippen LogP contribution >= 0.6 is 0 Å². The lowest BCUT2D eigenvalue weighted by atomic mass is 9.87. The van der Waals surface area contributed by atoms with Crippen molar-refractivity contribution in [1.82, 2.24) is 9.88 Å². The van der Waals surface area contributed by atoms with Crippen LogP contribution in [0.1, 0.15) is 36.7 Å². The minimum absolute atomic E-state index is 0.0157. The van der Waals surface area contributed by atoms with Gasteiger partial charge in [-0.05, 0) is 64.2 Å². The van der Waals surface area contributed by atoms with Crippen molar-refractivity contribution < 1.29 is 23.8 Å². The molecule has 0 unspecified atom stereocenters. The highest BCUT2D eigenvalue weighted by Crippen LogP contribution is 2.28. The van der Waals surface area contributed by atoms with Crippen molar-refractivity contribution in [3.63, 3.8) is 0 Å². The highest BCUT2D eigenvalue weighted by molar-refractivity contribution is 6.06. The Hall–Kier alpha value is -4.47. The molecule has 0 bridgehead atoms. The van der Waals surface area contributed by atoms with Crippen LogP contribution in [0.3, 0.4) is 0 Å². The van der Waals surface area contributed by atoms with Crippen LogP contribution in [0.4, 0.5) is 16.3 Å². The number of hydrogen-bond donors (Lipinski definition) is 2. The fourth-order valence-electron chi connectivity index (χ4n) is 4.61. The van der Waals surface area contributed by atoms with Crippen LogP contribution in [-0.4, -0.2) is 61.3 Å². The van der Waals surface area contributed by atoms with Gasteiger partial charge in [-0.3, -0.25) is 15.0 Å². The molecule has 0 aliphatic carbocycles. The molecule has 1 saturated heterocycles. The molecule has 1 aromatic heterocycles. The topological polar surface area (TPSA) is 102 Å². The summed E-state index contributed by atoms with van der Waals surface area (Å²) in [7, 11) is 0. The van der Waals surface area contributed by atoms with Crippen LogP contribution in [0, 0.1) is 0 Å². The van der Waals surface area contributed by atoms with Crippen LogP contribution in [0.25, 0.3) is 10.8 Å². The summed E-state index contributed by atoms with van der Waals surface area (Å²) >= 11 is 0. The Morgan fingerprint density at radius 1 is 0.905 bits per heavy atom. The van der Waals surface area contributed by atoms with E-state index >= 15 is 0 Å². The lowest BCUT2D eigenvalue weighted by Gasteiger charge is -2.26. The first kappa shape index (κ1) is 29.0. The van der Waals surface area contributed by atoms with Gasteiger partial charge in [-0.25, -0.2) is 9.78 Å². The molecule has 218 valence electrons. The number of nitrogens with zero attached hydrogens (tertiary/aromatic N) is 2. The molecular formula is C33H36N4O5. The van der Waals surface area contributed by atoms with Gasteiger partial charge in [-0.1, -0.05) is 45.0 Å². The molecule has 9 heteroatoms. The molecule has 5 rings (SSSR count). The van der Waals surface area contributed by atoms with Crippen LogP contribution in [0.2, 0.25) is 0 Å². The molecule has 1 aliphatic heterocycles. The predicted molar refractivity (Wildman–Crippen MR) is 164 cm³/mol. The molecule has 0 atom stereocenters. The molecular weight excluding hydrogens is 532 g/mol. The number of benzene rings is 3. The number of hydrogen-bond acceptors (Lipinski definition) is 7. The molecule has 4 aromatic rings. The molecule has 42 heavy (non-hydrogen) atoms. The van der Waals surface area contributed by atoms with Crippen LogP contribution in [0.15, 0.2) is 79.0 Å². The zero-order chi connectivity index (χ0) is 29.5. The van der Waals surface area contributed by atoms with E-state index in [9.17, 15) is 9.59 Å². The van der Waals surface area contributed by atoms with E-state index in [0.29, 0.717) is 42.6 Å². The molecule has 0 spiro atoms. The SMILES string of the molecule is CC(C)(C)c1cccc(NC(=O)c2ccc3ccc(Oc4ccnc(NC(=O)OCCN5CCOCC5)c4)cc3c2)c1. The molecule has 0 saturated carbocycles. The monoisotopic (exact) mass is 568 g/mol. The van der Waals surface area contributed by atoms with Gasteiger partial charge in [0, 0.05) is 43.1 Å². The first-order valence-corrected chi connectivity index (χ1v) is 14.1. The zero-order valence-electron chi connectivity index (χ0n) is 24.2. The summed E-state index contributed by atoms with van der Waals surface area (Å²) in [5, 5.41) is 7.50.